The van der Waals surface area contributed by atoms with Crippen LogP contribution in [0.25, 0.3) is 10.9 Å². The molecule has 1 saturated carbocycles. The zero-order valence-corrected chi connectivity index (χ0v) is 11.0. The Labute approximate surface area is 117 Å². The van der Waals surface area contributed by atoms with Crippen LogP contribution in [0.4, 0.5) is 13.2 Å². The van der Waals surface area contributed by atoms with Crippen molar-refractivity contribution in [1.29, 1.82) is 0 Å². The van der Waals surface area contributed by atoms with E-state index >= 15 is 0 Å². The van der Waals surface area contributed by atoms with E-state index in [0.29, 0.717) is 5.52 Å². The lowest BCUT2D eigenvalue weighted by Gasteiger charge is -2.24. The molecule has 3 nitrogen and oxygen atoms in total. The van der Waals surface area contributed by atoms with Gasteiger partial charge in [0.25, 0.3) is 5.56 Å². The summed E-state index contributed by atoms with van der Waals surface area (Å²) < 4.78 is 40.5. The zero-order chi connectivity index (χ0) is 14.5. The lowest BCUT2D eigenvalue weighted by Crippen LogP contribution is -2.43. The molecule has 1 aromatic heterocycles. The van der Waals surface area contributed by atoms with Crippen molar-refractivity contribution in [3.8, 4) is 0 Å². The van der Waals surface area contributed by atoms with Gasteiger partial charge in [0.2, 0.25) is 0 Å². The van der Waals surface area contributed by atoms with Crippen molar-refractivity contribution in [2.45, 2.75) is 30.4 Å². The predicted molar refractivity (Wildman–Crippen MR) is 68.8 cm³/mol. The minimum Gasteiger partial charge on any atom is -0.280 e. The molecular weight excluding hydrogens is 293 g/mol. The van der Waals surface area contributed by atoms with Gasteiger partial charge in [0.05, 0.1) is 16.8 Å². The van der Waals surface area contributed by atoms with E-state index in [1.165, 1.54) is 6.07 Å². The Balaban J connectivity index is 2.36. The average Bonchev–Trinajstić information content (AvgIpc) is 3.19. The van der Waals surface area contributed by atoms with Crippen molar-refractivity contribution >= 4 is 22.5 Å². The quantitative estimate of drug-likeness (QED) is 0.799. The van der Waals surface area contributed by atoms with E-state index in [4.69, 9.17) is 11.6 Å². The van der Waals surface area contributed by atoms with Gasteiger partial charge in [-0.2, -0.15) is 13.2 Å². The third-order valence-corrected chi connectivity index (χ3v) is 3.88. The van der Waals surface area contributed by atoms with E-state index in [1.54, 1.807) is 18.2 Å². The van der Waals surface area contributed by atoms with E-state index in [-0.39, 0.29) is 29.9 Å². The highest BCUT2D eigenvalue weighted by Crippen LogP contribution is 2.55. The number of para-hydroxylation sites is 1. The van der Waals surface area contributed by atoms with Crippen LogP contribution in [0.2, 0.25) is 0 Å². The van der Waals surface area contributed by atoms with Gasteiger partial charge in [-0.3, -0.25) is 9.36 Å². The summed E-state index contributed by atoms with van der Waals surface area (Å²) in [6, 6.07) is 6.34. The smallest absolute Gasteiger partial charge is 0.280 e. The Morgan fingerprint density at radius 1 is 1.30 bits per heavy atom. The van der Waals surface area contributed by atoms with Crippen molar-refractivity contribution in [2.75, 3.05) is 0 Å². The molecule has 0 atom stereocenters. The van der Waals surface area contributed by atoms with Crippen molar-refractivity contribution < 1.29 is 13.2 Å². The van der Waals surface area contributed by atoms with Gasteiger partial charge in [-0.05, 0) is 25.0 Å². The molecule has 0 radical (unpaired) electrons. The highest BCUT2D eigenvalue weighted by Gasteiger charge is 2.66. The second-order valence-electron chi connectivity index (χ2n) is 4.85. The molecule has 1 aliphatic rings. The van der Waals surface area contributed by atoms with Crippen LogP contribution in [0, 0.1) is 0 Å². The largest absolute Gasteiger partial charge is 0.412 e. The molecule has 106 valence electrons. The SMILES string of the molecule is O=c1c2ccccc2nc(CCl)n1C1(C(F)(F)F)CC1. The predicted octanol–water partition coefficient (Wildman–Crippen LogP) is 3.19. The van der Waals surface area contributed by atoms with Crippen LogP contribution < -0.4 is 5.56 Å². The number of nitrogens with zero attached hydrogens (tertiary/aromatic N) is 2. The molecule has 0 unspecified atom stereocenters. The van der Waals surface area contributed by atoms with Gasteiger partial charge in [-0.1, -0.05) is 12.1 Å². The van der Waals surface area contributed by atoms with Gasteiger partial charge in [-0.15, -0.1) is 11.6 Å². The fraction of sp³-hybridized carbons (Fsp3) is 0.385. The molecule has 2 aromatic rings. The molecule has 0 spiro atoms. The van der Waals surface area contributed by atoms with Crippen molar-refractivity contribution in [1.82, 2.24) is 9.55 Å². The molecule has 7 heteroatoms. The summed E-state index contributed by atoms with van der Waals surface area (Å²) in [5.74, 6) is -0.275. The minimum absolute atomic E-state index is 0.0369. The highest BCUT2D eigenvalue weighted by atomic mass is 35.5. The summed E-state index contributed by atoms with van der Waals surface area (Å²) in [7, 11) is 0. The number of hydrogen-bond acceptors (Lipinski definition) is 2. The molecule has 0 amide bonds. The highest BCUT2D eigenvalue weighted by molar-refractivity contribution is 6.16. The maximum absolute atomic E-state index is 13.2. The number of alkyl halides is 4. The fourth-order valence-corrected chi connectivity index (χ4v) is 2.64. The fourth-order valence-electron chi connectivity index (χ4n) is 2.46. The van der Waals surface area contributed by atoms with E-state index in [0.717, 1.165) is 4.57 Å². The second kappa shape index (κ2) is 4.22. The van der Waals surface area contributed by atoms with E-state index in [9.17, 15) is 18.0 Å². The summed E-state index contributed by atoms with van der Waals surface area (Å²) in [5, 5.41) is 0.178. The molecule has 1 heterocycles. The van der Waals surface area contributed by atoms with E-state index in [2.05, 4.69) is 4.98 Å². The molecule has 1 fully saturated rings. The van der Waals surface area contributed by atoms with E-state index < -0.39 is 17.3 Å². The Morgan fingerprint density at radius 2 is 1.95 bits per heavy atom. The van der Waals surface area contributed by atoms with Gasteiger partial charge in [0.1, 0.15) is 11.4 Å². The number of hydrogen-bond donors (Lipinski definition) is 0. The molecule has 3 rings (SSSR count). The second-order valence-corrected chi connectivity index (χ2v) is 5.12. The van der Waals surface area contributed by atoms with Crippen LogP contribution in [0.1, 0.15) is 18.7 Å². The van der Waals surface area contributed by atoms with Gasteiger partial charge < -0.3 is 0 Å². The number of aromatic nitrogens is 2. The first kappa shape index (κ1) is 13.4. The van der Waals surface area contributed by atoms with Crippen molar-refractivity contribution in [3.05, 3.63) is 40.4 Å². The monoisotopic (exact) mass is 302 g/mol. The molecule has 1 aromatic carbocycles. The Kier molecular flexibility index (Phi) is 2.83. The average molecular weight is 303 g/mol. The molecular formula is C13H10ClF3N2O. The molecule has 20 heavy (non-hydrogen) atoms. The molecule has 0 aliphatic heterocycles. The third-order valence-electron chi connectivity index (χ3n) is 3.64. The van der Waals surface area contributed by atoms with Crippen LogP contribution in [0.5, 0.6) is 0 Å². The summed E-state index contributed by atoms with van der Waals surface area (Å²) in [4.78, 5) is 16.5. The third kappa shape index (κ3) is 1.74. The number of halogens is 4. The van der Waals surface area contributed by atoms with Crippen LogP contribution in [-0.4, -0.2) is 15.7 Å². The standard InChI is InChI=1S/C13H10ClF3N2O/c14-7-10-18-9-4-2-1-3-8(9)11(20)19(10)12(5-6-12)13(15,16)17/h1-4H,5-7H2. The Morgan fingerprint density at radius 3 is 2.50 bits per heavy atom. The molecule has 0 N–H and O–H groups in total. The molecule has 0 saturated heterocycles. The van der Waals surface area contributed by atoms with Gasteiger partial charge in [0.15, 0.2) is 0 Å². The Bertz CT molecular complexity index is 734. The van der Waals surface area contributed by atoms with Crippen LogP contribution >= 0.6 is 11.6 Å². The summed E-state index contributed by atoms with van der Waals surface area (Å²) in [5.41, 5.74) is -2.45. The van der Waals surface area contributed by atoms with Crippen LogP contribution in [-0.2, 0) is 11.4 Å². The summed E-state index contributed by atoms with van der Waals surface area (Å²) >= 11 is 5.70. The van der Waals surface area contributed by atoms with Gasteiger partial charge in [0, 0.05) is 0 Å². The lowest BCUT2D eigenvalue weighted by atomic mass is 10.2. The summed E-state index contributed by atoms with van der Waals surface area (Å²) in [6.07, 6.45) is -4.71. The van der Waals surface area contributed by atoms with Crippen LogP contribution in [0.15, 0.2) is 29.1 Å². The first-order valence-electron chi connectivity index (χ1n) is 6.04. The molecule has 0 bridgehead atoms. The van der Waals surface area contributed by atoms with Gasteiger partial charge >= 0.3 is 6.18 Å². The lowest BCUT2D eigenvalue weighted by molar-refractivity contribution is -0.181. The van der Waals surface area contributed by atoms with Crippen molar-refractivity contribution in [3.63, 3.8) is 0 Å². The first-order chi connectivity index (χ1) is 9.40. The van der Waals surface area contributed by atoms with E-state index in [1.807, 2.05) is 0 Å². The first-order valence-corrected chi connectivity index (χ1v) is 6.58. The number of rotatable bonds is 2. The normalized spacial score (nSPS) is 17.4. The maximum Gasteiger partial charge on any atom is 0.412 e. The van der Waals surface area contributed by atoms with Crippen LogP contribution in [0.3, 0.4) is 0 Å². The maximum atomic E-state index is 13.2. The summed E-state index contributed by atoms with van der Waals surface area (Å²) in [6.45, 7) is 0. The van der Waals surface area contributed by atoms with Gasteiger partial charge in [-0.25, -0.2) is 4.98 Å². The Hall–Kier alpha value is -1.56. The number of fused-ring (bicyclic) bond motifs is 1. The number of benzene rings is 1. The topological polar surface area (TPSA) is 34.9 Å². The minimum atomic E-state index is -4.48. The van der Waals surface area contributed by atoms with Crippen molar-refractivity contribution in [2.24, 2.45) is 0 Å². The zero-order valence-electron chi connectivity index (χ0n) is 10.2. The molecule has 1 aliphatic carbocycles.